The zero-order valence-electron chi connectivity index (χ0n) is 18.6. The van der Waals surface area contributed by atoms with Crippen molar-refractivity contribution in [3.63, 3.8) is 0 Å². The predicted octanol–water partition coefficient (Wildman–Crippen LogP) is 2.21. The predicted molar refractivity (Wildman–Crippen MR) is 124 cm³/mol. The molecule has 2 aromatic carbocycles. The molecule has 0 aromatic heterocycles. The van der Waals surface area contributed by atoms with E-state index >= 15 is 0 Å². The first-order chi connectivity index (χ1) is 15.0. The fourth-order valence-corrected chi connectivity index (χ4v) is 5.01. The van der Waals surface area contributed by atoms with Gasteiger partial charge in [-0.15, -0.1) is 0 Å². The third-order valence-electron chi connectivity index (χ3n) is 4.80. The van der Waals surface area contributed by atoms with E-state index in [1.807, 2.05) is 0 Å². The van der Waals surface area contributed by atoms with E-state index in [9.17, 15) is 21.6 Å². The number of rotatable bonds is 11. The number of sulfonamides is 2. The molecule has 0 fully saturated rings. The summed E-state index contributed by atoms with van der Waals surface area (Å²) in [6.07, 6.45) is 1.58. The van der Waals surface area contributed by atoms with Gasteiger partial charge in [-0.05, 0) is 55.3 Å². The zero-order chi connectivity index (χ0) is 23.9. The lowest BCUT2D eigenvalue weighted by atomic mass is 10.1. The van der Waals surface area contributed by atoms with Crippen LogP contribution in [0.4, 0.5) is 5.69 Å². The van der Waals surface area contributed by atoms with Gasteiger partial charge in [0.05, 0.1) is 18.3 Å². The summed E-state index contributed by atoms with van der Waals surface area (Å²) in [6.45, 7) is 4.35. The average molecular weight is 484 g/mol. The summed E-state index contributed by atoms with van der Waals surface area (Å²) < 4.78 is 57.6. The van der Waals surface area contributed by atoms with Crippen molar-refractivity contribution in [1.29, 1.82) is 0 Å². The number of carbonyl (C=O) groups is 1. The Morgan fingerprint density at radius 3 is 2.28 bits per heavy atom. The Bertz CT molecular complexity index is 1150. The van der Waals surface area contributed by atoms with Crippen molar-refractivity contribution in [2.24, 2.45) is 0 Å². The topological polar surface area (TPSA) is 122 Å². The average Bonchev–Trinajstić information content (AvgIpc) is 2.73. The number of nitrogens with one attached hydrogen (secondary N) is 2. The van der Waals surface area contributed by atoms with Crippen LogP contribution in [0.3, 0.4) is 0 Å². The van der Waals surface area contributed by atoms with Crippen LogP contribution >= 0.6 is 0 Å². The quantitative estimate of drug-likeness (QED) is 0.473. The van der Waals surface area contributed by atoms with E-state index in [0.717, 1.165) is 6.26 Å². The van der Waals surface area contributed by atoms with Gasteiger partial charge in [0, 0.05) is 30.9 Å². The molecular formula is C21H29N3O6S2. The first-order valence-corrected chi connectivity index (χ1v) is 13.3. The Morgan fingerprint density at radius 2 is 1.72 bits per heavy atom. The van der Waals surface area contributed by atoms with E-state index in [4.69, 9.17) is 4.74 Å². The van der Waals surface area contributed by atoms with Gasteiger partial charge >= 0.3 is 0 Å². The lowest BCUT2D eigenvalue weighted by molar-refractivity contribution is 0.0952. The number of hydrogen-bond donors (Lipinski definition) is 2. The standard InChI is InChI=1S/C21H29N3O6S2/c1-5-24(31(4,26)27)14-6-13-22-21(25)20-15-19(12-7-16(20)2)32(28,29)23-17-8-10-18(30-3)11-9-17/h7-12,15,23H,5-6,13-14H2,1-4H3,(H,22,25). The smallest absolute Gasteiger partial charge is 0.261 e. The summed E-state index contributed by atoms with van der Waals surface area (Å²) in [4.78, 5) is 12.6. The fraction of sp³-hybridized carbons (Fsp3) is 0.381. The minimum Gasteiger partial charge on any atom is -0.497 e. The summed E-state index contributed by atoms with van der Waals surface area (Å²) >= 11 is 0. The molecule has 0 aliphatic carbocycles. The molecule has 1 amide bonds. The molecule has 2 aromatic rings. The van der Waals surface area contributed by atoms with Crippen molar-refractivity contribution in [3.05, 3.63) is 53.6 Å². The summed E-state index contributed by atoms with van der Waals surface area (Å²) in [5.74, 6) is 0.173. The summed E-state index contributed by atoms with van der Waals surface area (Å²) in [6, 6.07) is 10.8. The Hall–Kier alpha value is -2.63. The molecule has 9 nitrogen and oxygen atoms in total. The van der Waals surface area contributed by atoms with Crippen molar-refractivity contribution >= 4 is 31.6 Å². The number of amides is 1. The number of benzene rings is 2. The van der Waals surface area contributed by atoms with E-state index < -0.39 is 26.0 Å². The van der Waals surface area contributed by atoms with Gasteiger partial charge < -0.3 is 10.1 Å². The molecular weight excluding hydrogens is 454 g/mol. The van der Waals surface area contributed by atoms with E-state index in [-0.39, 0.29) is 23.5 Å². The zero-order valence-corrected chi connectivity index (χ0v) is 20.2. The molecule has 2 N–H and O–H groups in total. The molecule has 0 heterocycles. The van der Waals surface area contributed by atoms with Crippen LogP contribution in [-0.2, 0) is 20.0 Å². The van der Waals surface area contributed by atoms with Crippen molar-refractivity contribution in [3.8, 4) is 5.75 Å². The van der Waals surface area contributed by atoms with Crippen molar-refractivity contribution in [1.82, 2.24) is 9.62 Å². The summed E-state index contributed by atoms with van der Waals surface area (Å²) in [5, 5.41) is 2.72. The largest absolute Gasteiger partial charge is 0.497 e. The number of carbonyl (C=O) groups excluding carboxylic acids is 1. The van der Waals surface area contributed by atoms with Crippen LogP contribution in [-0.4, -0.2) is 60.0 Å². The Balaban J connectivity index is 2.07. The highest BCUT2D eigenvalue weighted by Crippen LogP contribution is 2.21. The van der Waals surface area contributed by atoms with E-state index in [1.54, 1.807) is 44.2 Å². The van der Waals surface area contributed by atoms with Crippen molar-refractivity contribution in [2.75, 3.05) is 37.7 Å². The first-order valence-electron chi connectivity index (χ1n) is 9.98. The number of aryl methyl sites for hydroxylation is 1. The van der Waals surface area contributed by atoms with Crippen LogP contribution in [0.2, 0.25) is 0 Å². The normalized spacial score (nSPS) is 11.9. The maximum absolute atomic E-state index is 12.8. The first kappa shape index (κ1) is 25.6. The fourth-order valence-electron chi connectivity index (χ4n) is 3.00. The number of hydrogen-bond acceptors (Lipinski definition) is 6. The van der Waals surface area contributed by atoms with Gasteiger partial charge in [0.25, 0.3) is 15.9 Å². The lowest BCUT2D eigenvalue weighted by Gasteiger charge is -2.17. The third-order valence-corrected chi connectivity index (χ3v) is 7.56. The lowest BCUT2D eigenvalue weighted by Crippen LogP contribution is -2.33. The van der Waals surface area contributed by atoms with Crippen molar-refractivity contribution < 1.29 is 26.4 Å². The molecule has 0 aliphatic heterocycles. The minimum absolute atomic E-state index is 0.0432. The van der Waals surface area contributed by atoms with Gasteiger partial charge in [-0.25, -0.2) is 21.1 Å². The third kappa shape index (κ3) is 6.94. The second-order valence-corrected chi connectivity index (χ2v) is 10.8. The van der Waals surface area contributed by atoms with Crippen molar-refractivity contribution in [2.45, 2.75) is 25.2 Å². The SMILES string of the molecule is CCN(CCCNC(=O)c1cc(S(=O)(=O)Nc2ccc(OC)cc2)ccc1C)S(C)(=O)=O. The summed E-state index contributed by atoms with van der Waals surface area (Å²) in [7, 11) is -5.68. The summed E-state index contributed by atoms with van der Waals surface area (Å²) in [5.41, 5.74) is 1.22. The van der Waals surface area contributed by atoms with Crippen LogP contribution in [0.5, 0.6) is 5.75 Å². The molecule has 11 heteroatoms. The molecule has 0 atom stereocenters. The van der Waals surface area contributed by atoms with Gasteiger partial charge in [0.1, 0.15) is 5.75 Å². The Morgan fingerprint density at radius 1 is 1.06 bits per heavy atom. The van der Waals surface area contributed by atoms with E-state index in [0.29, 0.717) is 30.0 Å². The molecule has 0 saturated carbocycles. The highest BCUT2D eigenvalue weighted by atomic mass is 32.2. The molecule has 0 aliphatic rings. The van der Waals surface area contributed by atoms with Gasteiger partial charge in [0.15, 0.2) is 0 Å². The number of nitrogens with zero attached hydrogens (tertiary/aromatic N) is 1. The second-order valence-electron chi connectivity index (χ2n) is 7.17. The van der Waals surface area contributed by atoms with Gasteiger partial charge in [0.2, 0.25) is 10.0 Å². The van der Waals surface area contributed by atoms with Crippen LogP contribution in [0, 0.1) is 6.92 Å². The maximum atomic E-state index is 12.8. The van der Waals surface area contributed by atoms with Gasteiger partial charge in [-0.3, -0.25) is 9.52 Å². The van der Waals surface area contributed by atoms with E-state index in [1.165, 1.54) is 23.5 Å². The molecule has 176 valence electrons. The monoisotopic (exact) mass is 483 g/mol. The number of ether oxygens (including phenoxy) is 1. The number of anilines is 1. The van der Waals surface area contributed by atoms with Crippen LogP contribution < -0.4 is 14.8 Å². The molecule has 32 heavy (non-hydrogen) atoms. The minimum atomic E-state index is -3.91. The molecule has 2 rings (SSSR count). The van der Waals surface area contributed by atoms with Crippen LogP contribution in [0.25, 0.3) is 0 Å². The molecule has 0 bridgehead atoms. The Kier molecular flexibility index (Phi) is 8.65. The van der Waals surface area contributed by atoms with Crippen LogP contribution in [0.15, 0.2) is 47.4 Å². The second kappa shape index (κ2) is 10.8. The van der Waals surface area contributed by atoms with Crippen LogP contribution in [0.1, 0.15) is 29.3 Å². The molecule has 0 unspecified atom stereocenters. The molecule has 0 spiro atoms. The van der Waals surface area contributed by atoms with Gasteiger partial charge in [-0.1, -0.05) is 13.0 Å². The van der Waals surface area contributed by atoms with Gasteiger partial charge in [-0.2, -0.15) is 0 Å². The molecule has 0 radical (unpaired) electrons. The highest BCUT2D eigenvalue weighted by molar-refractivity contribution is 7.92. The molecule has 0 saturated heterocycles. The highest BCUT2D eigenvalue weighted by Gasteiger charge is 2.19. The van der Waals surface area contributed by atoms with E-state index in [2.05, 4.69) is 10.0 Å². The number of methoxy groups -OCH3 is 1. The maximum Gasteiger partial charge on any atom is 0.261 e. The Labute approximate surface area is 189 Å².